The zero-order valence-electron chi connectivity index (χ0n) is 17.2. The van der Waals surface area contributed by atoms with Crippen molar-refractivity contribution in [3.8, 4) is 11.8 Å². The van der Waals surface area contributed by atoms with Gasteiger partial charge in [0.1, 0.15) is 11.6 Å². The summed E-state index contributed by atoms with van der Waals surface area (Å²) in [5, 5.41) is 9.09. The zero-order chi connectivity index (χ0) is 21.3. The van der Waals surface area contributed by atoms with Gasteiger partial charge in [0.2, 0.25) is 0 Å². The van der Waals surface area contributed by atoms with Crippen molar-refractivity contribution in [3.05, 3.63) is 29.6 Å². The minimum atomic E-state index is -0.880. The number of amides is 1. The Hall–Kier alpha value is -2.62. The molecule has 4 aliphatic rings. The summed E-state index contributed by atoms with van der Waals surface area (Å²) < 4.78 is 24.2. The highest BCUT2D eigenvalue weighted by Crippen LogP contribution is 2.57. The summed E-state index contributed by atoms with van der Waals surface area (Å²) in [5.74, 6) is 0.293. The molecule has 0 saturated heterocycles. The molecule has 1 aromatic rings. The number of carbonyl (C=O) groups excluding carboxylic acids is 2. The third-order valence-electron chi connectivity index (χ3n) is 7.05. The molecule has 160 valence electrons. The SMILES string of the molecule is COc1ccc(C(=O)OCC(=O)N(CCC#N)C23CC4CC(CC(C4)C2)C3)c(F)c1. The molecular formula is C23H27FN2O4. The standard InChI is InChI=1S/C23H27FN2O4/c1-29-18-3-4-19(20(24)10-18)22(28)30-14-21(27)26(6-2-5-25)23-11-15-7-16(12-23)9-17(8-15)13-23/h3-4,10,15-17H,2,6-9,11-14H2,1H3. The molecule has 1 amide bonds. The Morgan fingerprint density at radius 1 is 1.20 bits per heavy atom. The molecule has 0 N–H and O–H groups in total. The van der Waals surface area contributed by atoms with E-state index < -0.39 is 18.4 Å². The minimum Gasteiger partial charge on any atom is -0.497 e. The molecule has 5 rings (SSSR count). The van der Waals surface area contributed by atoms with Crippen molar-refractivity contribution in [2.24, 2.45) is 17.8 Å². The van der Waals surface area contributed by atoms with Gasteiger partial charge in [-0.1, -0.05) is 0 Å². The molecule has 4 aliphatic carbocycles. The van der Waals surface area contributed by atoms with Gasteiger partial charge in [-0.15, -0.1) is 0 Å². The third-order valence-corrected chi connectivity index (χ3v) is 7.05. The lowest BCUT2D eigenvalue weighted by Gasteiger charge is -2.60. The van der Waals surface area contributed by atoms with Crippen LogP contribution in [0.2, 0.25) is 0 Å². The van der Waals surface area contributed by atoms with E-state index in [9.17, 15) is 14.0 Å². The summed E-state index contributed by atoms with van der Waals surface area (Å²) in [6.07, 6.45) is 6.88. The van der Waals surface area contributed by atoms with E-state index in [1.807, 2.05) is 0 Å². The lowest BCUT2D eigenvalue weighted by atomic mass is 9.52. The van der Waals surface area contributed by atoms with Gasteiger partial charge in [0, 0.05) is 18.2 Å². The van der Waals surface area contributed by atoms with Gasteiger partial charge in [0.15, 0.2) is 6.61 Å². The summed E-state index contributed by atoms with van der Waals surface area (Å²) in [4.78, 5) is 27.2. The maximum atomic E-state index is 14.1. The van der Waals surface area contributed by atoms with Crippen molar-refractivity contribution in [1.29, 1.82) is 5.26 Å². The number of esters is 1. The van der Waals surface area contributed by atoms with Crippen LogP contribution in [0, 0.1) is 34.9 Å². The largest absolute Gasteiger partial charge is 0.497 e. The van der Waals surface area contributed by atoms with Crippen LogP contribution in [-0.4, -0.2) is 42.6 Å². The Bertz CT molecular complexity index is 843. The highest BCUT2D eigenvalue weighted by atomic mass is 19.1. The van der Waals surface area contributed by atoms with Crippen molar-refractivity contribution in [2.45, 2.75) is 50.5 Å². The predicted octanol–water partition coefficient (Wildman–Crippen LogP) is 3.70. The molecule has 7 heteroatoms. The van der Waals surface area contributed by atoms with E-state index in [2.05, 4.69) is 6.07 Å². The van der Waals surface area contributed by atoms with Crippen molar-refractivity contribution in [1.82, 2.24) is 4.90 Å². The number of nitriles is 1. The van der Waals surface area contributed by atoms with Crippen LogP contribution in [0.1, 0.15) is 55.3 Å². The first kappa shape index (κ1) is 20.6. The van der Waals surface area contributed by atoms with Crippen molar-refractivity contribution >= 4 is 11.9 Å². The van der Waals surface area contributed by atoms with Gasteiger partial charge in [-0.25, -0.2) is 9.18 Å². The highest BCUT2D eigenvalue weighted by Gasteiger charge is 2.54. The first-order valence-electron chi connectivity index (χ1n) is 10.6. The fourth-order valence-electron chi connectivity index (χ4n) is 6.26. The third kappa shape index (κ3) is 3.88. The Morgan fingerprint density at radius 3 is 2.37 bits per heavy atom. The van der Waals surface area contributed by atoms with Crippen LogP contribution in [0.25, 0.3) is 0 Å². The molecule has 0 spiro atoms. The number of ether oxygens (including phenoxy) is 2. The Labute approximate surface area is 175 Å². The van der Waals surface area contributed by atoms with Gasteiger partial charge in [-0.05, 0) is 68.4 Å². The van der Waals surface area contributed by atoms with E-state index in [4.69, 9.17) is 14.7 Å². The molecule has 4 saturated carbocycles. The van der Waals surface area contributed by atoms with E-state index >= 15 is 0 Å². The maximum absolute atomic E-state index is 14.1. The molecule has 30 heavy (non-hydrogen) atoms. The van der Waals surface area contributed by atoms with Crippen molar-refractivity contribution in [3.63, 3.8) is 0 Å². The number of nitrogens with zero attached hydrogens (tertiary/aromatic N) is 2. The summed E-state index contributed by atoms with van der Waals surface area (Å²) in [7, 11) is 1.41. The topological polar surface area (TPSA) is 79.6 Å². The van der Waals surface area contributed by atoms with Gasteiger partial charge < -0.3 is 14.4 Å². The first-order valence-corrected chi connectivity index (χ1v) is 10.6. The molecule has 0 atom stereocenters. The van der Waals surface area contributed by atoms with Crippen LogP contribution in [-0.2, 0) is 9.53 Å². The minimum absolute atomic E-state index is 0.222. The summed E-state index contributed by atoms with van der Waals surface area (Å²) in [6, 6.07) is 5.99. The van der Waals surface area contributed by atoms with Crippen LogP contribution in [0.5, 0.6) is 5.75 Å². The fourth-order valence-corrected chi connectivity index (χ4v) is 6.26. The number of benzene rings is 1. The number of halogens is 1. The molecular weight excluding hydrogens is 387 g/mol. The predicted molar refractivity (Wildman–Crippen MR) is 106 cm³/mol. The Morgan fingerprint density at radius 2 is 1.83 bits per heavy atom. The summed E-state index contributed by atoms with van der Waals surface area (Å²) in [6.45, 7) is -0.104. The highest BCUT2D eigenvalue weighted by molar-refractivity contribution is 5.91. The van der Waals surface area contributed by atoms with Gasteiger partial charge in [0.05, 0.1) is 25.2 Å². The van der Waals surface area contributed by atoms with Crippen LogP contribution in [0.15, 0.2) is 18.2 Å². The molecule has 0 heterocycles. The number of hydrogen-bond acceptors (Lipinski definition) is 5. The number of rotatable bonds is 7. The molecule has 1 aromatic carbocycles. The van der Waals surface area contributed by atoms with Crippen molar-refractivity contribution < 1.29 is 23.5 Å². The van der Waals surface area contributed by atoms with Crippen LogP contribution >= 0.6 is 0 Å². The zero-order valence-corrected chi connectivity index (χ0v) is 17.2. The summed E-state index contributed by atoms with van der Waals surface area (Å²) in [5.41, 5.74) is -0.456. The first-order chi connectivity index (χ1) is 14.4. The van der Waals surface area contributed by atoms with E-state index in [1.165, 1.54) is 38.5 Å². The maximum Gasteiger partial charge on any atom is 0.341 e. The molecule has 0 unspecified atom stereocenters. The van der Waals surface area contributed by atoms with Crippen LogP contribution in [0.3, 0.4) is 0 Å². The Kier molecular flexibility index (Phi) is 5.68. The van der Waals surface area contributed by atoms with E-state index in [1.54, 1.807) is 4.90 Å². The molecule has 4 bridgehead atoms. The van der Waals surface area contributed by atoms with Crippen LogP contribution in [0.4, 0.5) is 4.39 Å². The van der Waals surface area contributed by atoms with Gasteiger partial charge in [0.25, 0.3) is 5.91 Å². The smallest absolute Gasteiger partial charge is 0.341 e. The van der Waals surface area contributed by atoms with E-state index in [0.29, 0.717) is 30.0 Å². The molecule has 0 aromatic heterocycles. The van der Waals surface area contributed by atoms with Crippen molar-refractivity contribution in [2.75, 3.05) is 20.3 Å². The normalized spacial score (nSPS) is 28.6. The Balaban J connectivity index is 1.46. The van der Waals surface area contributed by atoms with Gasteiger partial charge in [-0.3, -0.25) is 4.79 Å². The number of methoxy groups -OCH3 is 1. The average molecular weight is 414 g/mol. The van der Waals surface area contributed by atoms with Gasteiger partial charge >= 0.3 is 5.97 Å². The van der Waals surface area contributed by atoms with Crippen LogP contribution < -0.4 is 4.74 Å². The molecule has 4 fully saturated rings. The van der Waals surface area contributed by atoms with E-state index in [-0.39, 0.29) is 23.4 Å². The second kappa shape index (κ2) is 8.25. The second-order valence-electron chi connectivity index (χ2n) is 9.02. The lowest BCUT2D eigenvalue weighted by Crippen LogP contribution is -2.62. The molecule has 0 radical (unpaired) electrons. The number of hydrogen-bond donors (Lipinski definition) is 0. The quantitative estimate of drug-likeness (QED) is 0.636. The summed E-state index contributed by atoms with van der Waals surface area (Å²) >= 11 is 0. The monoisotopic (exact) mass is 414 g/mol. The molecule has 6 nitrogen and oxygen atoms in total. The molecule has 0 aliphatic heterocycles. The lowest BCUT2D eigenvalue weighted by molar-refractivity contribution is -0.153. The average Bonchev–Trinajstić information content (AvgIpc) is 2.71. The van der Waals surface area contributed by atoms with E-state index in [0.717, 1.165) is 25.3 Å². The fraction of sp³-hybridized carbons (Fsp3) is 0.609. The second-order valence-corrected chi connectivity index (χ2v) is 9.02. The van der Waals surface area contributed by atoms with Gasteiger partial charge in [-0.2, -0.15) is 5.26 Å². The number of carbonyl (C=O) groups is 2.